The van der Waals surface area contributed by atoms with Gasteiger partial charge in [-0.25, -0.2) is 0 Å². The van der Waals surface area contributed by atoms with E-state index in [1.54, 1.807) is 7.05 Å². The maximum Gasteiger partial charge on any atom is 0.325 e. The lowest BCUT2D eigenvalue weighted by Gasteiger charge is -2.26. The molecule has 1 unspecified atom stereocenters. The van der Waals surface area contributed by atoms with E-state index >= 15 is 0 Å². The molecule has 0 aromatic rings. The van der Waals surface area contributed by atoms with Gasteiger partial charge < -0.3 is 10.1 Å². The van der Waals surface area contributed by atoms with Gasteiger partial charge in [0.05, 0.1) is 7.11 Å². The fraction of sp³-hybridized carbons (Fsp3) is 0.923. The number of thioether (sulfide) groups is 1. The van der Waals surface area contributed by atoms with E-state index in [-0.39, 0.29) is 5.97 Å². The van der Waals surface area contributed by atoms with Crippen LogP contribution in [0.4, 0.5) is 0 Å². The van der Waals surface area contributed by atoms with Crippen LogP contribution < -0.4 is 5.32 Å². The van der Waals surface area contributed by atoms with Crippen molar-refractivity contribution in [2.45, 2.75) is 57.2 Å². The Balaban J connectivity index is 3.89. The molecule has 0 spiro atoms. The van der Waals surface area contributed by atoms with Gasteiger partial charge in [-0.2, -0.15) is 11.8 Å². The van der Waals surface area contributed by atoms with Gasteiger partial charge in [-0.05, 0) is 32.6 Å². The molecule has 1 N–H and O–H groups in total. The molecule has 0 aliphatic rings. The Bertz CT molecular complexity index is 238. The van der Waals surface area contributed by atoms with E-state index in [1.165, 1.54) is 7.11 Å². The highest BCUT2D eigenvalue weighted by atomic mass is 32.2. The van der Waals surface area contributed by atoms with E-state index < -0.39 is 5.54 Å². The summed E-state index contributed by atoms with van der Waals surface area (Å²) in [4.78, 5) is 11.6. The monoisotopic (exact) mass is 261 g/mol. The third-order valence-corrected chi connectivity index (χ3v) is 4.15. The molecule has 0 fully saturated rings. The van der Waals surface area contributed by atoms with Gasteiger partial charge in [0.25, 0.3) is 0 Å². The first kappa shape index (κ1) is 16.8. The second-order valence-corrected chi connectivity index (χ2v) is 7.41. The quantitative estimate of drug-likeness (QED) is 0.565. The van der Waals surface area contributed by atoms with E-state index in [2.05, 4.69) is 26.1 Å². The third-order valence-electron chi connectivity index (χ3n) is 2.79. The van der Waals surface area contributed by atoms with Gasteiger partial charge in [0, 0.05) is 4.75 Å². The number of hydrogen-bond donors (Lipinski definition) is 1. The summed E-state index contributed by atoms with van der Waals surface area (Å²) >= 11 is 1.97. The minimum atomic E-state index is -0.541. The summed E-state index contributed by atoms with van der Waals surface area (Å²) in [6.45, 7) is 8.58. The molecule has 0 aliphatic heterocycles. The van der Waals surface area contributed by atoms with Crippen LogP contribution in [-0.2, 0) is 9.53 Å². The largest absolute Gasteiger partial charge is 0.468 e. The normalized spacial score (nSPS) is 15.4. The van der Waals surface area contributed by atoms with E-state index in [0.717, 1.165) is 25.0 Å². The Morgan fingerprint density at radius 2 is 1.82 bits per heavy atom. The molecule has 0 rings (SSSR count). The highest BCUT2D eigenvalue weighted by molar-refractivity contribution is 8.00. The molecule has 0 aliphatic carbocycles. The highest BCUT2D eigenvalue weighted by Gasteiger charge is 2.31. The maximum absolute atomic E-state index is 11.6. The first-order chi connectivity index (χ1) is 7.75. The Labute approximate surface area is 110 Å². The number of nitrogens with one attached hydrogen (secondary N) is 1. The summed E-state index contributed by atoms with van der Waals surface area (Å²) in [7, 11) is 3.24. The number of likely N-dealkylation sites (N-methyl/N-ethyl adjacent to an activating group) is 1. The Morgan fingerprint density at radius 1 is 1.24 bits per heavy atom. The van der Waals surface area contributed by atoms with Crippen molar-refractivity contribution in [3.63, 3.8) is 0 Å². The summed E-state index contributed by atoms with van der Waals surface area (Å²) in [6.07, 6.45) is 2.99. The Morgan fingerprint density at radius 3 is 2.24 bits per heavy atom. The van der Waals surface area contributed by atoms with Gasteiger partial charge in [-0.15, -0.1) is 0 Å². The number of unbranched alkanes of at least 4 members (excludes halogenated alkanes) is 1. The topological polar surface area (TPSA) is 38.3 Å². The first-order valence-electron chi connectivity index (χ1n) is 6.16. The van der Waals surface area contributed by atoms with Gasteiger partial charge in [-0.3, -0.25) is 4.79 Å². The molecule has 0 heterocycles. The van der Waals surface area contributed by atoms with E-state index in [1.807, 2.05) is 18.7 Å². The number of carbonyl (C=O) groups excluding carboxylic acids is 1. The van der Waals surface area contributed by atoms with Crippen LogP contribution in [-0.4, -0.2) is 36.2 Å². The predicted molar refractivity (Wildman–Crippen MR) is 75.5 cm³/mol. The Hall–Kier alpha value is -0.220. The molecule has 0 aromatic heterocycles. The molecule has 3 nitrogen and oxygen atoms in total. The van der Waals surface area contributed by atoms with E-state index in [4.69, 9.17) is 4.74 Å². The molecule has 4 heteroatoms. The minimum absolute atomic E-state index is 0.177. The number of hydrogen-bond acceptors (Lipinski definition) is 4. The third kappa shape index (κ3) is 6.94. The molecule has 0 amide bonds. The number of rotatable bonds is 7. The van der Waals surface area contributed by atoms with Gasteiger partial charge >= 0.3 is 5.97 Å². The first-order valence-corrected chi connectivity index (χ1v) is 7.15. The average Bonchev–Trinajstić information content (AvgIpc) is 2.25. The molecule has 102 valence electrons. The highest BCUT2D eigenvalue weighted by Crippen LogP contribution is 2.25. The summed E-state index contributed by atoms with van der Waals surface area (Å²) in [5.41, 5.74) is -0.541. The van der Waals surface area contributed by atoms with Crippen LogP contribution in [0.2, 0.25) is 0 Å². The van der Waals surface area contributed by atoms with Crippen LogP contribution in [0.3, 0.4) is 0 Å². The molecule has 0 bridgehead atoms. The number of esters is 1. The van der Waals surface area contributed by atoms with Crippen molar-refractivity contribution >= 4 is 17.7 Å². The van der Waals surface area contributed by atoms with Gasteiger partial charge in [-0.1, -0.05) is 27.2 Å². The molecule has 0 aromatic carbocycles. The van der Waals surface area contributed by atoms with Crippen LogP contribution in [0.5, 0.6) is 0 Å². The minimum Gasteiger partial charge on any atom is -0.468 e. The zero-order chi connectivity index (χ0) is 13.5. The zero-order valence-electron chi connectivity index (χ0n) is 12.1. The van der Waals surface area contributed by atoms with Gasteiger partial charge in [0.15, 0.2) is 0 Å². The predicted octanol–water partition coefficient (Wildman–Crippen LogP) is 2.84. The average molecular weight is 261 g/mol. The molecule has 0 saturated heterocycles. The zero-order valence-corrected chi connectivity index (χ0v) is 12.9. The van der Waals surface area contributed by atoms with Crippen molar-refractivity contribution in [1.29, 1.82) is 0 Å². The maximum atomic E-state index is 11.6. The van der Waals surface area contributed by atoms with Crippen LogP contribution in [0.15, 0.2) is 0 Å². The van der Waals surface area contributed by atoms with Crippen LogP contribution in [0, 0.1) is 0 Å². The molecular weight excluding hydrogens is 234 g/mol. The van der Waals surface area contributed by atoms with E-state index in [0.29, 0.717) is 4.75 Å². The number of ether oxygens (including phenoxy) is 1. The Kier molecular flexibility index (Phi) is 7.17. The lowest BCUT2D eigenvalue weighted by atomic mass is 9.95. The number of methoxy groups -OCH3 is 1. The van der Waals surface area contributed by atoms with Crippen molar-refractivity contribution in [2.75, 3.05) is 19.9 Å². The lowest BCUT2D eigenvalue weighted by Crippen LogP contribution is -2.48. The standard InChI is InChI=1S/C13H27NO2S/c1-12(2,3)17-10-8-7-9-13(4,14-5)11(15)16-6/h14H,7-10H2,1-6H3. The lowest BCUT2D eigenvalue weighted by molar-refractivity contribution is -0.148. The number of carbonyl (C=O) groups is 1. The molecular formula is C13H27NO2S. The van der Waals surface area contributed by atoms with Crippen LogP contribution >= 0.6 is 11.8 Å². The van der Waals surface area contributed by atoms with Crippen molar-refractivity contribution in [2.24, 2.45) is 0 Å². The van der Waals surface area contributed by atoms with Crippen molar-refractivity contribution in [1.82, 2.24) is 5.32 Å². The van der Waals surface area contributed by atoms with Crippen LogP contribution in [0.25, 0.3) is 0 Å². The van der Waals surface area contributed by atoms with Crippen molar-refractivity contribution < 1.29 is 9.53 Å². The molecule has 1 atom stereocenters. The summed E-state index contributed by atoms with van der Waals surface area (Å²) in [5.74, 6) is 0.966. The summed E-state index contributed by atoms with van der Waals surface area (Å²) in [6, 6.07) is 0. The summed E-state index contributed by atoms with van der Waals surface area (Å²) in [5, 5.41) is 3.05. The van der Waals surface area contributed by atoms with Gasteiger partial charge in [0.1, 0.15) is 5.54 Å². The molecule has 0 saturated carbocycles. The SMILES string of the molecule is CNC(C)(CCCCSC(C)(C)C)C(=O)OC. The second-order valence-electron chi connectivity index (χ2n) is 5.49. The fourth-order valence-corrected chi connectivity index (χ4v) is 2.47. The second kappa shape index (κ2) is 7.27. The molecule has 0 radical (unpaired) electrons. The van der Waals surface area contributed by atoms with Crippen molar-refractivity contribution in [3.05, 3.63) is 0 Å². The van der Waals surface area contributed by atoms with Crippen molar-refractivity contribution in [3.8, 4) is 0 Å². The fourth-order valence-electron chi connectivity index (χ4n) is 1.51. The van der Waals surface area contributed by atoms with Crippen LogP contribution in [0.1, 0.15) is 47.0 Å². The van der Waals surface area contributed by atoms with E-state index in [9.17, 15) is 4.79 Å². The summed E-state index contributed by atoms with van der Waals surface area (Å²) < 4.78 is 5.14. The smallest absolute Gasteiger partial charge is 0.325 e. The molecule has 17 heavy (non-hydrogen) atoms. The van der Waals surface area contributed by atoms with Gasteiger partial charge in [0.2, 0.25) is 0 Å².